The van der Waals surface area contributed by atoms with Crippen LogP contribution in [0.5, 0.6) is 23.0 Å². The lowest BCUT2D eigenvalue weighted by atomic mass is 10.1. The van der Waals surface area contributed by atoms with Gasteiger partial charge in [0.2, 0.25) is 5.91 Å². The van der Waals surface area contributed by atoms with Gasteiger partial charge in [0, 0.05) is 78.3 Å². The summed E-state index contributed by atoms with van der Waals surface area (Å²) in [5.41, 5.74) is 7.79. The minimum absolute atomic E-state index is 0.0844. The fourth-order valence-corrected chi connectivity index (χ4v) is 11.3. The van der Waals surface area contributed by atoms with E-state index in [9.17, 15) is 19.2 Å². The Morgan fingerprint density at radius 1 is 0.716 bits per heavy atom. The Morgan fingerprint density at radius 3 is 1.75 bits per heavy atom. The van der Waals surface area contributed by atoms with Gasteiger partial charge in [0.05, 0.1) is 48.8 Å². The van der Waals surface area contributed by atoms with E-state index in [4.69, 9.17) is 28.9 Å². The van der Waals surface area contributed by atoms with Crippen LogP contribution in [0.1, 0.15) is 82.5 Å². The highest BCUT2D eigenvalue weighted by Gasteiger charge is 2.38. The standard InChI is InChI=1S/C52H51N5O8S2/c1-31(58)15-16-32(2)67-66-17-9-14-50(59)55-37-19-33(29-64-48-25-42-40(23-46(48)62-3)51(60)56-38(27-53-42)21-35-10-5-7-12-44(35)56)18-34(20-37)30-65-49-26-43-41(24-47(49)63-4)52(61)57-39(28-54-43)22-36-11-6-8-13-45(36)57/h5-8,10-13,18-20,23-28,32,38-39H,9,14-17,21-22,29-30H2,1-4H3,(H,55,59)/t32?,38-,39-/m0/s1. The van der Waals surface area contributed by atoms with E-state index >= 15 is 0 Å². The maximum Gasteiger partial charge on any atom is 0.261 e. The molecule has 0 fully saturated rings. The number of fused-ring (bicyclic) bond motifs is 8. The monoisotopic (exact) mass is 937 g/mol. The van der Waals surface area contributed by atoms with Crippen LogP contribution in [0, 0.1) is 0 Å². The summed E-state index contributed by atoms with van der Waals surface area (Å²) in [5, 5.41) is 3.43. The van der Waals surface area contributed by atoms with Crippen molar-refractivity contribution in [3.63, 3.8) is 0 Å². The summed E-state index contributed by atoms with van der Waals surface area (Å²) in [7, 11) is 6.53. The van der Waals surface area contributed by atoms with E-state index in [0.29, 0.717) is 88.5 Å². The van der Waals surface area contributed by atoms with Gasteiger partial charge in [-0.3, -0.25) is 34.2 Å². The number of ketones is 1. The van der Waals surface area contributed by atoms with Crippen LogP contribution in [0.15, 0.2) is 101 Å². The van der Waals surface area contributed by atoms with Gasteiger partial charge < -0.3 is 29.1 Å². The minimum Gasteiger partial charge on any atom is -0.493 e. The zero-order valence-electron chi connectivity index (χ0n) is 37.8. The first kappa shape index (κ1) is 45.6. The van der Waals surface area contributed by atoms with Gasteiger partial charge in [-0.1, -0.05) is 64.9 Å². The van der Waals surface area contributed by atoms with Crippen LogP contribution >= 0.6 is 21.6 Å². The first-order chi connectivity index (χ1) is 32.6. The van der Waals surface area contributed by atoms with Gasteiger partial charge in [-0.2, -0.15) is 0 Å². The molecule has 4 aliphatic heterocycles. The van der Waals surface area contributed by atoms with Crippen LogP contribution in [-0.2, 0) is 35.6 Å². The number of anilines is 3. The lowest BCUT2D eigenvalue weighted by molar-refractivity contribution is -0.117. The molecule has 3 atom stereocenters. The van der Waals surface area contributed by atoms with Gasteiger partial charge in [0.25, 0.3) is 11.8 Å². The molecule has 1 N–H and O–H groups in total. The molecule has 0 radical (unpaired) electrons. The predicted octanol–water partition coefficient (Wildman–Crippen LogP) is 10.3. The largest absolute Gasteiger partial charge is 0.493 e. The maximum atomic E-state index is 14.0. The molecule has 0 aliphatic carbocycles. The third-order valence-electron chi connectivity index (χ3n) is 12.1. The number of para-hydroxylation sites is 2. The van der Waals surface area contributed by atoms with Gasteiger partial charge >= 0.3 is 0 Å². The number of carbonyl (C=O) groups excluding carboxylic acids is 4. The van der Waals surface area contributed by atoms with Crippen molar-refractivity contribution in [1.29, 1.82) is 0 Å². The molecule has 0 saturated heterocycles. The van der Waals surface area contributed by atoms with Crippen molar-refractivity contribution >= 4 is 86.0 Å². The maximum absolute atomic E-state index is 14.0. The smallest absolute Gasteiger partial charge is 0.261 e. The van der Waals surface area contributed by atoms with E-state index in [1.54, 1.807) is 62.6 Å². The van der Waals surface area contributed by atoms with E-state index in [0.717, 1.165) is 45.8 Å². The highest BCUT2D eigenvalue weighted by Crippen LogP contribution is 2.43. The van der Waals surface area contributed by atoms with E-state index in [1.807, 2.05) is 79.2 Å². The Hall–Kier alpha value is -6.58. The number of nitrogens with one attached hydrogen (secondary N) is 1. The van der Waals surface area contributed by atoms with E-state index in [1.165, 1.54) is 14.2 Å². The molecule has 9 rings (SSSR count). The van der Waals surface area contributed by atoms with Crippen molar-refractivity contribution in [2.45, 2.75) is 82.9 Å². The molecule has 13 nitrogen and oxygen atoms in total. The number of rotatable bonds is 18. The average Bonchev–Trinajstić information content (AvgIpc) is 3.82. The molecule has 15 heteroatoms. The highest BCUT2D eigenvalue weighted by molar-refractivity contribution is 8.76. The third-order valence-corrected chi connectivity index (χ3v) is 15.2. The molecule has 0 aromatic heterocycles. The first-order valence-corrected chi connectivity index (χ1v) is 24.8. The van der Waals surface area contributed by atoms with E-state index < -0.39 is 0 Å². The van der Waals surface area contributed by atoms with Crippen LogP contribution in [0.25, 0.3) is 0 Å². The van der Waals surface area contributed by atoms with Crippen LogP contribution in [-0.4, -0.2) is 73.2 Å². The summed E-state index contributed by atoms with van der Waals surface area (Å²) in [5.74, 6) is 2.11. The van der Waals surface area contributed by atoms with Crippen molar-refractivity contribution in [2.24, 2.45) is 9.98 Å². The minimum atomic E-state index is -0.201. The SMILES string of the molecule is COc1cc2c(cc1OCc1cc(COc3cc4c(cc3OC)C(=O)N3c5ccccc5C[C@H]3C=N4)cc(NC(=O)CCCSSC(C)CCC(C)=O)c1)N=C[C@@H]1Cc3ccccc3N1C2=O. The summed E-state index contributed by atoms with van der Waals surface area (Å²) in [6, 6.07) is 27.9. The Bertz CT molecular complexity index is 2650. The van der Waals surface area contributed by atoms with Gasteiger partial charge in [-0.25, -0.2) is 0 Å². The average molecular weight is 938 g/mol. The number of hydrogen-bond donors (Lipinski definition) is 1. The molecule has 0 spiro atoms. The molecule has 1 unspecified atom stereocenters. The zero-order chi connectivity index (χ0) is 46.6. The first-order valence-electron chi connectivity index (χ1n) is 22.4. The second-order valence-electron chi connectivity index (χ2n) is 17.0. The number of benzene rings is 5. The molecule has 67 heavy (non-hydrogen) atoms. The second-order valence-corrected chi connectivity index (χ2v) is 19.9. The van der Waals surface area contributed by atoms with E-state index in [-0.39, 0.29) is 48.8 Å². The normalized spacial score (nSPS) is 16.7. The Balaban J connectivity index is 0.932. The van der Waals surface area contributed by atoms with Gasteiger partial charge in [0.15, 0.2) is 23.0 Å². The Labute approximate surface area is 397 Å². The Kier molecular flexibility index (Phi) is 13.7. The fourth-order valence-electron chi connectivity index (χ4n) is 8.84. The molecule has 344 valence electrons. The number of methoxy groups -OCH3 is 2. The summed E-state index contributed by atoms with van der Waals surface area (Å²) in [6.07, 6.45) is 7.42. The van der Waals surface area contributed by atoms with Crippen molar-refractivity contribution < 1.29 is 38.1 Å². The van der Waals surface area contributed by atoms with Gasteiger partial charge in [-0.15, -0.1) is 0 Å². The van der Waals surface area contributed by atoms with Crippen LogP contribution in [0.3, 0.4) is 0 Å². The summed E-state index contributed by atoms with van der Waals surface area (Å²) in [6.45, 7) is 3.90. The molecule has 0 bridgehead atoms. The number of aliphatic imine (C=N–C) groups is 2. The lowest BCUT2D eigenvalue weighted by Crippen LogP contribution is -2.37. The third kappa shape index (κ3) is 9.94. The molecule has 5 aromatic carbocycles. The van der Waals surface area contributed by atoms with Gasteiger partial charge in [0.1, 0.15) is 19.0 Å². The summed E-state index contributed by atoms with van der Waals surface area (Å²) in [4.78, 5) is 65.9. The number of nitrogens with zero attached hydrogens (tertiary/aromatic N) is 4. The quantitative estimate of drug-likeness (QED) is 0.0665. The second kappa shape index (κ2) is 20.1. The summed E-state index contributed by atoms with van der Waals surface area (Å²) >= 11 is 0. The molecule has 3 amide bonds. The fraction of sp³-hybridized carbons (Fsp3) is 0.308. The lowest BCUT2D eigenvalue weighted by Gasteiger charge is -2.22. The number of Topliss-reactive ketones (excluding diaryl/α,β-unsaturated/α-hetero) is 1. The van der Waals surface area contributed by atoms with Crippen molar-refractivity contribution in [1.82, 2.24) is 0 Å². The molecule has 5 aromatic rings. The van der Waals surface area contributed by atoms with Crippen LogP contribution < -0.4 is 34.1 Å². The zero-order valence-corrected chi connectivity index (χ0v) is 39.4. The van der Waals surface area contributed by atoms with Crippen molar-refractivity contribution in [3.8, 4) is 23.0 Å². The Morgan fingerprint density at radius 2 is 1.24 bits per heavy atom. The molecule has 4 aliphatic rings. The van der Waals surface area contributed by atoms with Crippen LogP contribution in [0.4, 0.5) is 28.4 Å². The van der Waals surface area contributed by atoms with Gasteiger partial charge in [-0.05, 0) is 84.5 Å². The molecular formula is C52H51N5O8S2. The highest BCUT2D eigenvalue weighted by atomic mass is 33.1. The van der Waals surface area contributed by atoms with E-state index in [2.05, 4.69) is 12.2 Å². The topological polar surface area (TPSA) is 148 Å². The van der Waals surface area contributed by atoms with Crippen molar-refractivity contribution in [3.05, 3.63) is 124 Å². The number of amides is 3. The number of hydrogen-bond acceptors (Lipinski definition) is 12. The predicted molar refractivity (Wildman–Crippen MR) is 266 cm³/mol. The molecule has 4 heterocycles. The van der Waals surface area contributed by atoms with Crippen molar-refractivity contribution in [2.75, 3.05) is 35.1 Å². The summed E-state index contributed by atoms with van der Waals surface area (Å²) < 4.78 is 24.4. The molecule has 0 saturated carbocycles. The number of ether oxygens (including phenoxy) is 4. The molecular weight excluding hydrogens is 887 g/mol. The van der Waals surface area contributed by atoms with Crippen LogP contribution in [0.2, 0.25) is 0 Å². The number of carbonyl (C=O) groups is 4.